The normalized spacial score (nSPS) is 39.5. The van der Waals surface area contributed by atoms with Crippen LogP contribution < -0.4 is 5.43 Å². The molecule has 0 amide bonds. The Bertz CT molecular complexity index is 469. The zero-order valence-electron chi connectivity index (χ0n) is 14.4. The van der Waals surface area contributed by atoms with Crippen LogP contribution in [-0.4, -0.2) is 46.1 Å². The van der Waals surface area contributed by atoms with Crippen molar-refractivity contribution in [2.75, 3.05) is 13.2 Å². The van der Waals surface area contributed by atoms with E-state index in [0.717, 1.165) is 19.6 Å². The average Bonchev–Trinajstić information content (AvgIpc) is 2.82. The summed E-state index contributed by atoms with van der Waals surface area (Å²) in [5.41, 5.74) is 3.29. The van der Waals surface area contributed by atoms with Gasteiger partial charge in [-0.15, -0.1) is 0 Å². The highest BCUT2D eigenvalue weighted by Crippen LogP contribution is 2.52. The molecule has 4 nitrogen and oxygen atoms in total. The molecule has 3 aliphatic rings. The lowest BCUT2D eigenvalue weighted by Gasteiger charge is -2.51. The Morgan fingerprint density at radius 1 is 1.19 bits per heavy atom. The van der Waals surface area contributed by atoms with Crippen molar-refractivity contribution in [1.82, 2.24) is 5.43 Å². The first-order chi connectivity index (χ1) is 9.60. The van der Waals surface area contributed by atoms with E-state index in [1.807, 2.05) is 0 Å². The second kappa shape index (κ2) is 4.66. The van der Waals surface area contributed by atoms with Gasteiger partial charge in [0.1, 0.15) is 11.1 Å². The van der Waals surface area contributed by atoms with Gasteiger partial charge in [0, 0.05) is 11.3 Å². The summed E-state index contributed by atoms with van der Waals surface area (Å²) in [6, 6.07) is 0. The summed E-state index contributed by atoms with van der Waals surface area (Å²) in [5, 5.41) is 6.28. The van der Waals surface area contributed by atoms with Crippen LogP contribution in [0.15, 0.2) is 5.10 Å². The molecule has 3 rings (SSSR count). The molecular weight excluding hydrogens is 296 g/mol. The van der Waals surface area contributed by atoms with Gasteiger partial charge in [0.05, 0.1) is 21.3 Å². The number of nitrogens with zero attached hydrogens (tertiary/aromatic N) is 1. The van der Waals surface area contributed by atoms with Gasteiger partial charge in [-0.2, -0.15) is 5.10 Å². The van der Waals surface area contributed by atoms with Gasteiger partial charge in [-0.25, -0.2) is 0 Å². The van der Waals surface area contributed by atoms with Crippen molar-refractivity contribution < 1.29 is 9.16 Å². The van der Waals surface area contributed by atoms with Crippen LogP contribution in [0.3, 0.4) is 0 Å². The van der Waals surface area contributed by atoms with E-state index in [0.29, 0.717) is 5.92 Å². The van der Waals surface area contributed by atoms with E-state index in [-0.39, 0.29) is 11.1 Å². The molecule has 1 unspecified atom stereocenters. The van der Waals surface area contributed by atoms with E-state index in [2.05, 4.69) is 44.7 Å². The molecule has 1 spiro atoms. The number of hydrogen-bond donors (Lipinski definition) is 1. The lowest BCUT2D eigenvalue weighted by Crippen LogP contribution is -2.69. The molecule has 2 fully saturated rings. The van der Waals surface area contributed by atoms with E-state index in [9.17, 15) is 0 Å². The van der Waals surface area contributed by atoms with Crippen LogP contribution >= 0.6 is 0 Å². The molecule has 2 aliphatic heterocycles. The summed E-state index contributed by atoms with van der Waals surface area (Å²) >= 11 is 0. The van der Waals surface area contributed by atoms with Gasteiger partial charge in [-0.1, -0.05) is 19.6 Å². The Hall–Kier alpha value is -0.176. The monoisotopic (exact) mass is 326 g/mol. The molecule has 1 saturated carbocycles. The van der Waals surface area contributed by atoms with Crippen molar-refractivity contribution in [3.8, 4) is 0 Å². The van der Waals surface area contributed by atoms with Crippen LogP contribution in [0.5, 0.6) is 0 Å². The molecule has 6 heteroatoms. The molecule has 0 aromatic carbocycles. The Balaban J connectivity index is 1.98. The third-order valence-electron chi connectivity index (χ3n) is 5.12. The maximum atomic E-state index is 6.75. The molecule has 0 bridgehead atoms. The van der Waals surface area contributed by atoms with E-state index in [1.54, 1.807) is 0 Å². The van der Waals surface area contributed by atoms with Crippen LogP contribution in [-0.2, 0) is 9.16 Å². The standard InChI is InChI=1S/C15H30N2O2Si2/c1-20(2,3)13-12-8-7-9-14(19-21(4,5)6)10-18-11-15(12,14)17-16-13/h12,17H,7-11H2,1-6H3/t12?,14-,15-/m1/s1. The van der Waals surface area contributed by atoms with Crippen LogP contribution in [0.2, 0.25) is 39.3 Å². The maximum Gasteiger partial charge on any atom is 0.184 e. The minimum atomic E-state index is -1.63. The number of hydrazone groups is 1. The molecule has 1 aliphatic carbocycles. The topological polar surface area (TPSA) is 42.8 Å². The fourth-order valence-corrected chi connectivity index (χ4v) is 7.80. The molecule has 21 heavy (non-hydrogen) atoms. The molecule has 0 radical (unpaired) electrons. The Labute approximate surface area is 130 Å². The van der Waals surface area contributed by atoms with E-state index in [4.69, 9.17) is 14.3 Å². The predicted molar refractivity (Wildman–Crippen MR) is 92.0 cm³/mol. The van der Waals surface area contributed by atoms with Gasteiger partial charge in [-0.05, 0) is 38.9 Å². The van der Waals surface area contributed by atoms with Gasteiger partial charge in [0.15, 0.2) is 8.32 Å². The molecule has 3 atom stereocenters. The van der Waals surface area contributed by atoms with Crippen molar-refractivity contribution in [3.05, 3.63) is 0 Å². The third kappa shape index (κ3) is 2.34. The Morgan fingerprint density at radius 3 is 2.52 bits per heavy atom. The van der Waals surface area contributed by atoms with Crippen molar-refractivity contribution in [1.29, 1.82) is 0 Å². The van der Waals surface area contributed by atoms with Crippen LogP contribution in [0, 0.1) is 5.92 Å². The summed E-state index contributed by atoms with van der Waals surface area (Å²) in [6.45, 7) is 15.5. The zero-order chi connectivity index (χ0) is 15.5. The molecule has 1 N–H and O–H groups in total. The molecule has 120 valence electrons. The number of hydrogen-bond acceptors (Lipinski definition) is 4. The fraction of sp³-hybridized carbons (Fsp3) is 0.933. The SMILES string of the molecule is C[Si](C)(C)O[C@@]12CCCC3C([Si](C)(C)C)=NN[C@]31COC2. The number of nitrogens with one attached hydrogen (secondary N) is 1. The largest absolute Gasteiger partial charge is 0.407 e. The van der Waals surface area contributed by atoms with E-state index < -0.39 is 16.4 Å². The maximum absolute atomic E-state index is 6.75. The number of rotatable bonds is 3. The molecule has 2 heterocycles. The van der Waals surface area contributed by atoms with Crippen molar-refractivity contribution in [3.63, 3.8) is 0 Å². The highest BCUT2D eigenvalue weighted by Gasteiger charge is 2.67. The Kier molecular flexibility index (Phi) is 3.49. The second-order valence-corrected chi connectivity index (χ2v) is 18.4. The average molecular weight is 327 g/mol. The molecule has 0 aromatic heterocycles. The first-order valence-electron chi connectivity index (χ1n) is 8.23. The summed E-state index contributed by atoms with van der Waals surface area (Å²) in [7, 11) is -3.03. The van der Waals surface area contributed by atoms with Gasteiger partial charge in [0.25, 0.3) is 0 Å². The van der Waals surface area contributed by atoms with Crippen LogP contribution in [0.1, 0.15) is 19.3 Å². The minimum absolute atomic E-state index is 0.0961. The number of ether oxygens (including phenoxy) is 1. The van der Waals surface area contributed by atoms with Gasteiger partial charge in [0.2, 0.25) is 0 Å². The van der Waals surface area contributed by atoms with E-state index >= 15 is 0 Å². The third-order valence-corrected chi connectivity index (χ3v) is 8.12. The quantitative estimate of drug-likeness (QED) is 0.811. The van der Waals surface area contributed by atoms with Crippen LogP contribution in [0.25, 0.3) is 0 Å². The summed E-state index contributed by atoms with van der Waals surface area (Å²) in [6.07, 6.45) is 3.57. The Morgan fingerprint density at radius 2 is 1.90 bits per heavy atom. The fourth-order valence-electron chi connectivity index (χ4n) is 4.46. The van der Waals surface area contributed by atoms with Gasteiger partial charge < -0.3 is 9.16 Å². The highest BCUT2D eigenvalue weighted by atomic mass is 28.4. The van der Waals surface area contributed by atoms with Crippen molar-refractivity contribution >= 4 is 21.7 Å². The van der Waals surface area contributed by atoms with Crippen LogP contribution in [0.4, 0.5) is 0 Å². The first-order valence-corrected chi connectivity index (χ1v) is 15.1. The summed E-state index contributed by atoms with van der Waals surface area (Å²) in [5.74, 6) is 0.511. The summed E-state index contributed by atoms with van der Waals surface area (Å²) in [4.78, 5) is 0. The van der Waals surface area contributed by atoms with Gasteiger partial charge in [-0.3, -0.25) is 5.43 Å². The molecule has 0 aromatic rings. The molecule has 1 saturated heterocycles. The predicted octanol–water partition coefficient (Wildman–Crippen LogP) is 2.98. The molecular formula is C15H30N2O2Si2. The summed E-state index contributed by atoms with van der Waals surface area (Å²) < 4.78 is 12.7. The minimum Gasteiger partial charge on any atom is -0.407 e. The van der Waals surface area contributed by atoms with Gasteiger partial charge >= 0.3 is 0 Å². The van der Waals surface area contributed by atoms with E-state index in [1.165, 1.54) is 18.2 Å². The van der Waals surface area contributed by atoms with Crippen molar-refractivity contribution in [2.45, 2.75) is 69.7 Å². The lowest BCUT2D eigenvalue weighted by atomic mass is 9.66. The lowest BCUT2D eigenvalue weighted by molar-refractivity contribution is -0.0422. The highest BCUT2D eigenvalue weighted by molar-refractivity contribution is 7.04. The van der Waals surface area contributed by atoms with Crippen molar-refractivity contribution in [2.24, 2.45) is 11.0 Å². The first kappa shape index (κ1) is 15.7. The smallest absolute Gasteiger partial charge is 0.184 e. The second-order valence-electron chi connectivity index (χ2n) is 8.98. The zero-order valence-corrected chi connectivity index (χ0v) is 16.4.